The number of anilines is 1. The van der Waals surface area contributed by atoms with E-state index >= 15 is 0 Å². The molecule has 0 saturated heterocycles. The van der Waals surface area contributed by atoms with Crippen molar-refractivity contribution in [2.75, 3.05) is 18.5 Å². The summed E-state index contributed by atoms with van der Waals surface area (Å²) in [5.74, 6) is 0. The number of aliphatic hydroxyl groups excluding tert-OH is 1. The van der Waals surface area contributed by atoms with Crippen molar-refractivity contribution in [2.45, 2.75) is 0 Å². The van der Waals surface area contributed by atoms with Gasteiger partial charge in [-0.2, -0.15) is 0 Å². The van der Waals surface area contributed by atoms with Crippen LogP contribution >= 0.6 is 0 Å². The zero-order valence-corrected chi connectivity index (χ0v) is 9.27. The maximum absolute atomic E-state index is 10.9. The third-order valence-corrected chi connectivity index (χ3v) is 2.30. The Kier molecular flexibility index (Phi) is 3.20. The van der Waals surface area contributed by atoms with Crippen molar-refractivity contribution in [1.29, 1.82) is 0 Å². The number of aromatic nitrogens is 2. The lowest BCUT2D eigenvalue weighted by Crippen LogP contribution is -2.08. The number of fused-ring (bicyclic) bond motifs is 1. The van der Waals surface area contributed by atoms with E-state index in [4.69, 9.17) is 5.11 Å². The minimum absolute atomic E-state index is 0.0145. The van der Waals surface area contributed by atoms with Gasteiger partial charge in [-0.3, -0.25) is 20.2 Å². The highest BCUT2D eigenvalue weighted by Crippen LogP contribution is 2.37. The first-order valence-electron chi connectivity index (χ1n) is 4.99. The van der Waals surface area contributed by atoms with E-state index in [-0.39, 0.29) is 29.9 Å². The molecule has 0 amide bonds. The molecule has 0 aliphatic carbocycles. The molecular weight excluding hydrogens is 262 g/mol. The van der Waals surface area contributed by atoms with E-state index in [0.29, 0.717) is 0 Å². The van der Waals surface area contributed by atoms with Gasteiger partial charge in [-0.25, -0.2) is 4.63 Å². The Bertz CT molecular complexity index is 652. The van der Waals surface area contributed by atoms with Crippen LogP contribution < -0.4 is 5.32 Å². The van der Waals surface area contributed by atoms with Crippen LogP contribution in [0.5, 0.6) is 0 Å². The second kappa shape index (κ2) is 4.81. The smallest absolute Gasteiger partial charge is 0.307 e. The second-order valence-corrected chi connectivity index (χ2v) is 3.42. The van der Waals surface area contributed by atoms with Crippen molar-refractivity contribution in [3.8, 4) is 0 Å². The van der Waals surface area contributed by atoms with Crippen molar-refractivity contribution >= 4 is 28.1 Å². The first kappa shape index (κ1) is 12.6. The van der Waals surface area contributed by atoms with Gasteiger partial charge >= 0.3 is 11.4 Å². The molecule has 2 N–H and O–H groups in total. The fraction of sp³-hybridized carbons (Fsp3) is 0.250. The summed E-state index contributed by atoms with van der Waals surface area (Å²) in [7, 11) is 0. The van der Waals surface area contributed by atoms with E-state index in [1.807, 2.05) is 0 Å². The molecule has 11 nitrogen and oxygen atoms in total. The molecule has 1 aromatic heterocycles. The Morgan fingerprint density at radius 3 is 2.42 bits per heavy atom. The third kappa shape index (κ3) is 2.13. The molecule has 0 spiro atoms. The summed E-state index contributed by atoms with van der Waals surface area (Å²) in [5, 5.41) is 39.8. The maximum atomic E-state index is 10.9. The van der Waals surface area contributed by atoms with Crippen molar-refractivity contribution in [2.24, 2.45) is 0 Å². The fourth-order valence-corrected chi connectivity index (χ4v) is 1.55. The first-order valence-corrected chi connectivity index (χ1v) is 4.99. The first-order chi connectivity index (χ1) is 9.06. The van der Waals surface area contributed by atoms with Crippen LogP contribution in [0.4, 0.5) is 17.1 Å². The molecule has 0 aliphatic heterocycles. The molecule has 0 bridgehead atoms. The largest absolute Gasteiger partial charge is 0.395 e. The molecule has 0 atom stereocenters. The molecule has 0 unspecified atom stereocenters. The molecule has 2 rings (SSSR count). The predicted octanol–water partition coefficient (Wildman–Crippen LogP) is 0.443. The summed E-state index contributed by atoms with van der Waals surface area (Å²) in [6, 6.07) is 0.770. The van der Waals surface area contributed by atoms with Crippen molar-refractivity contribution in [3.05, 3.63) is 26.3 Å². The zero-order valence-electron chi connectivity index (χ0n) is 9.27. The quantitative estimate of drug-likeness (QED) is 0.580. The number of nitro benzene ring substituents is 2. The molecule has 0 fully saturated rings. The van der Waals surface area contributed by atoms with Gasteiger partial charge in [0.25, 0.3) is 0 Å². The summed E-state index contributed by atoms with van der Waals surface area (Å²) < 4.78 is 4.38. The Morgan fingerprint density at radius 2 is 1.84 bits per heavy atom. The van der Waals surface area contributed by atoms with Crippen LogP contribution in [-0.2, 0) is 0 Å². The Balaban J connectivity index is 2.73. The van der Waals surface area contributed by atoms with Crippen LogP contribution in [0.1, 0.15) is 0 Å². The number of nitrogens with zero attached hydrogens (tertiary/aromatic N) is 4. The van der Waals surface area contributed by atoms with E-state index in [1.54, 1.807) is 0 Å². The van der Waals surface area contributed by atoms with Gasteiger partial charge in [-0.05, 0) is 10.3 Å². The fourth-order valence-electron chi connectivity index (χ4n) is 1.55. The second-order valence-electron chi connectivity index (χ2n) is 3.42. The molecule has 1 aromatic carbocycles. The summed E-state index contributed by atoms with van der Waals surface area (Å²) in [6.45, 7) is -0.262. The number of rotatable bonds is 5. The lowest BCUT2D eigenvalue weighted by atomic mass is 10.2. The Morgan fingerprint density at radius 1 is 1.21 bits per heavy atom. The van der Waals surface area contributed by atoms with Gasteiger partial charge in [0.2, 0.25) is 5.52 Å². The highest BCUT2D eigenvalue weighted by Gasteiger charge is 2.29. The minimum atomic E-state index is -0.810. The summed E-state index contributed by atoms with van der Waals surface area (Å²) in [5.41, 5.74) is -1.52. The number of nitrogens with one attached hydrogen (secondary N) is 1. The maximum Gasteiger partial charge on any atom is 0.307 e. The molecule has 0 radical (unpaired) electrons. The van der Waals surface area contributed by atoms with Crippen molar-refractivity contribution < 1.29 is 19.6 Å². The highest BCUT2D eigenvalue weighted by molar-refractivity contribution is 5.98. The summed E-state index contributed by atoms with van der Waals surface area (Å²) in [4.78, 5) is 20.2. The molecule has 0 aliphatic rings. The average Bonchev–Trinajstić information content (AvgIpc) is 2.83. The molecule has 2 aromatic rings. The lowest BCUT2D eigenvalue weighted by molar-refractivity contribution is -0.392. The van der Waals surface area contributed by atoms with Gasteiger partial charge in [-0.1, -0.05) is 0 Å². The van der Waals surface area contributed by atoms with E-state index in [2.05, 4.69) is 20.3 Å². The summed E-state index contributed by atoms with van der Waals surface area (Å²) in [6.07, 6.45) is 0. The molecule has 0 saturated carbocycles. The topological polar surface area (TPSA) is 157 Å². The third-order valence-electron chi connectivity index (χ3n) is 2.30. The molecule has 1 heterocycles. The molecule has 100 valence electrons. The Hall–Kier alpha value is -2.82. The predicted molar refractivity (Wildman–Crippen MR) is 60.7 cm³/mol. The standard InChI is InChI=1S/C8H7N5O6/c14-2-1-9-6-4(12(15)16)3-5(13(17)18)7-8(6)11-19-10-7/h3,9,14H,1-2H2. The van der Waals surface area contributed by atoms with Crippen LogP contribution in [0.2, 0.25) is 0 Å². The molecular formula is C8H7N5O6. The average molecular weight is 269 g/mol. The van der Waals surface area contributed by atoms with Gasteiger partial charge in [0.05, 0.1) is 22.5 Å². The minimum Gasteiger partial charge on any atom is -0.395 e. The van der Waals surface area contributed by atoms with Gasteiger partial charge in [0.1, 0.15) is 5.69 Å². The van der Waals surface area contributed by atoms with E-state index in [0.717, 1.165) is 6.07 Å². The number of nitro groups is 2. The Labute approximate surface area is 104 Å². The van der Waals surface area contributed by atoms with Crippen LogP contribution in [-0.4, -0.2) is 38.4 Å². The van der Waals surface area contributed by atoms with Gasteiger partial charge in [0.15, 0.2) is 5.52 Å². The summed E-state index contributed by atoms with van der Waals surface area (Å²) >= 11 is 0. The number of non-ortho nitro benzene ring substituents is 1. The molecule has 11 heteroatoms. The lowest BCUT2D eigenvalue weighted by Gasteiger charge is -2.05. The van der Waals surface area contributed by atoms with Gasteiger partial charge < -0.3 is 10.4 Å². The SMILES string of the molecule is O=[N+]([O-])c1cc([N+](=O)[O-])c2nonc2c1NCCO. The van der Waals surface area contributed by atoms with Crippen LogP contribution in [0, 0.1) is 20.2 Å². The normalized spacial score (nSPS) is 10.6. The van der Waals surface area contributed by atoms with Crippen LogP contribution in [0.15, 0.2) is 10.7 Å². The van der Waals surface area contributed by atoms with Crippen LogP contribution in [0.25, 0.3) is 11.0 Å². The van der Waals surface area contributed by atoms with Crippen molar-refractivity contribution in [3.63, 3.8) is 0 Å². The molecule has 19 heavy (non-hydrogen) atoms. The number of aliphatic hydroxyl groups is 1. The van der Waals surface area contributed by atoms with Gasteiger partial charge in [0, 0.05) is 6.54 Å². The van der Waals surface area contributed by atoms with E-state index in [9.17, 15) is 20.2 Å². The zero-order chi connectivity index (χ0) is 14.0. The van der Waals surface area contributed by atoms with Crippen molar-refractivity contribution in [1.82, 2.24) is 10.3 Å². The monoisotopic (exact) mass is 269 g/mol. The van der Waals surface area contributed by atoms with E-state index in [1.165, 1.54) is 0 Å². The number of hydrogen-bond donors (Lipinski definition) is 2. The van der Waals surface area contributed by atoms with Crippen LogP contribution in [0.3, 0.4) is 0 Å². The van der Waals surface area contributed by atoms with E-state index < -0.39 is 21.2 Å². The number of benzene rings is 1. The highest BCUT2D eigenvalue weighted by atomic mass is 16.6. The van der Waals surface area contributed by atoms with Gasteiger partial charge in [-0.15, -0.1) is 0 Å². The number of hydrogen-bond acceptors (Lipinski definition) is 9.